The van der Waals surface area contributed by atoms with Crippen LogP contribution < -0.4 is 5.73 Å². The fourth-order valence-electron chi connectivity index (χ4n) is 1.54. The lowest BCUT2D eigenvalue weighted by molar-refractivity contribution is 0.0881. The second-order valence-electron chi connectivity index (χ2n) is 3.65. The lowest BCUT2D eigenvalue weighted by Gasteiger charge is -2.31. The minimum absolute atomic E-state index is 0.449. The highest BCUT2D eigenvalue weighted by Gasteiger charge is 2.17. The van der Waals surface area contributed by atoms with E-state index in [-0.39, 0.29) is 0 Å². The quantitative estimate of drug-likeness (QED) is 0.650. The summed E-state index contributed by atoms with van der Waals surface area (Å²) < 4.78 is 5.12. The molecule has 0 aromatic rings. The summed E-state index contributed by atoms with van der Waals surface area (Å²) in [4.78, 5) is 2.31. The molecule has 0 heterocycles. The molecule has 0 amide bonds. The van der Waals surface area contributed by atoms with Gasteiger partial charge in [0.2, 0.25) is 0 Å². The topological polar surface area (TPSA) is 38.5 Å². The fraction of sp³-hybridized carbons (Fsp3) is 1.00. The van der Waals surface area contributed by atoms with Gasteiger partial charge < -0.3 is 10.5 Å². The molecule has 0 aliphatic heterocycles. The standard InChI is InChI=1S/C10H24N2O/c1-5-6-10(7-11)12(3)9(2)8-13-4/h9-10H,5-8,11H2,1-4H3. The molecule has 0 aromatic carbocycles. The second kappa shape index (κ2) is 7.30. The number of ether oxygens (including phenoxy) is 1. The zero-order valence-electron chi connectivity index (χ0n) is 9.42. The van der Waals surface area contributed by atoms with Crippen LogP contribution in [0.5, 0.6) is 0 Å². The number of hydrogen-bond acceptors (Lipinski definition) is 3. The number of rotatable bonds is 7. The number of methoxy groups -OCH3 is 1. The van der Waals surface area contributed by atoms with E-state index >= 15 is 0 Å². The molecule has 2 unspecified atom stereocenters. The maximum Gasteiger partial charge on any atom is 0.0615 e. The van der Waals surface area contributed by atoms with Gasteiger partial charge in [0.05, 0.1) is 6.61 Å². The third-order valence-electron chi connectivity index (χ3n) is 2.57. The van der Waals surface area contributed by atoms with Crippen molar-refractivity contribution in [3.8, 4) is 0 Å². The van der Waals surface area contributed by atoms with Gasteiger partial charge in [-0.15, -0.1) is 0 Å². The van der Waals surface area contributed by atoms with Crippen LogP contribution in [0, 0.1) is 0 Å². The average molecular weight is 188 g/mol. The predicted molar refractivity (Wildman–Crippen MR) is 56.9 cm³/mol. The Hall–Kier alpha value is -0.120. The summed E-state index contributed by atoms with van der Waals surface area (Å²) >= 11 is 0. The van der Waals surface area contributed by atoms with Crippen molar-refractivity contribution in [3.05, 3.63) is 0 Å². The number of likely N-dealkylation sites (N-methyl/N-ethyl adjacent to an activating group) is 1. The summed E-state index contributed by atoms with van der Waals surface area (Å²) in [6.45, 7) is 5.87. The first-order valence-electron chi connectivity index (χ1n) is 5.08. The summed E-state index contributed by atoms with van der Waals surface area (Å²) in [6.07, 6.45) is 2.35. The van der Waals surface area contributed by atoms with Gasteiger partial charge in [-0.1, -0.05) is 13.3 Å². The Morgan fingerprint density at radius 3 is 2.46 bits per heavy atom. The van der Waals surface area contributed by atoms with Crippen LogP contribution >= 0.6 is 0 Å². The molecular formula is C10H24N2O. The smallest absolute Gasteiger partial charge is 0.0615 e. The molecule has 0 bridgehead atoms. The van der Waals surface area contributed by atoms with Gasteiger partial charge >= 0.3 is 0 Å². The zero-order valence-corrected chi connectivity index (χ0v) is 9.42. The maximum atomic E-state index is 5.71. The zero-order chi connectivity index (χ0) is 10.3. The van der Waals surface area contributed by atoms with Crippen LogP contribution in [0.1, 0.15) is 26.7 Å². The third kappa shape index (κ3) is 4.60. The molecule has 0 spiro atoms. The van der Waals surface area contributed by atoms with Crippen molar-refractivity contribution in [2.24, 2.45) is 5.73 Å². The molecule has 3 nitrogen and oxygen atoms in total. The van der Waals surface area contributed by atoms with Gasteiger partial charge in [-0.25, -0.2) is 0 Å². The first kappa shape index (κ1) is 12.9. The molecule has 0 fully saturated rings. The van der Waals surface area contributed by atoms with Gasteiger partial charge in [-0.2, -0.15) is 0 Å². The van der Waals surface area contributed by atoms with Crippen molar-refractivity contribution >= 4 is 0 Å². The minimum atomic E-state index is 0.449. The van der Waals surface area contributed by atoms with Crippen LogP contribution in [-0.4, -0.2) is 44.3 Å². The lowest BCUT2D eigenvalue weighted by Crippen LogP contribution is -2.44. The van der Waals surface area contributed by atoms with Gasteiger partial charge in [0.25, 0.3) is 0 Å². The van der Waals surface area contributed by atoms with Crippen molar-refractivity contribution in [2.75, 3.05) is 27.3 Å². The van der Waals surface area contributed by atoms with Crippen molar-refractivity contribution in [1.29, 1.82) is 0 Å². The predicted octanol–water partition coefficient (Wildman–Crippen LogP) is 1.08. The molecule has 2 atom stereocenters. The minimum Gasteiger partial charge on any atom is -0.383 e. The fourth-order valence-corrected chi connectivity index (χ4v) is 1.54. The Balaban J connectivity index is 3.94. The Bertz CT molecular complexity index is 119. The monoisotopic (exact) mass is 188 g/mol. The van der Waals surface area contributed by atoms with E-state index in [9.17, 15) is 0 Å². The van der Waals surface area contributed by atoms with E-state index < -0.39 is 0 Å². The van der Waals surface area contributed by atoms with E-state index in [1.54, 1.807) is 7.11 Å². The Kier molecular flexibility index (Phi) is 7.23. The lowest BCUT2D eigenvalue weighted by atomic mass is 10.1. The van der Waals surface area contributed by atoms with Crippen molar-refractivity contribution in [3.63, 3.8) is 0 Å². The molecule has 0 aliphatic rings. The normalized spacial score (nSPS) is 16.2. The van der Waals surface area contributed by atoms with E-state index in [0.29, 0.717) is 12.1 Å². The van der Waals surface area contributed by atoms with Crippen molar-refractivity contribution in [1.82, 2.24) is 4.90 Å². The van der Waals surface area contributed by atoms with Crippen LogP contribution in [0.3, 0.4) is 0 Å². The van der Waals surface area contributed by atoms with E-state index in [0.717, 1.165) is 13.2 Å². The highest BCUT2D eigenvalue weighted by molar-refractivity contribution is 4.73. The van der Waals surface area contributed by atoms with Gasteiger partial charge in [-0.3, -0.25) is 4.90 Å². The molecule has 2 N–H and O–H groups in total. The van der Waals surface area contributed by atoms with Crippen LogP contribution in [0.4, 0.5) is 0 Å². The summed E-state index contributed by atoms with van der Waals surface area (Å²) in [5.41, 5.74) is 5.71. The molecule has 0 rings (SSSR count). The van der Waals surface area contributed by atoms with E-state index in [4.69, 9.17) is 10.5 Å². The van der Waals surface area contributed by atoms with Crippen LogP contribution in [0.15, 0.2) is 0 Å². The number of nitrogens with two attached hydrogens (primary N) is 1. The molecule has 13 heavy (non-hydrogen) atoms. The average Bonchev–Trinajstić information content (AvgIpc) is 2.13. The van der Waals surface area contributed by atoms with Crippen molar-refractivity contribution in [2.45, 2.75) is 38.8 Å². The highest BCUT2D eigenvalue weighted by atomic mass is 16.5. The van der Waals surface area contributed by atoms with E-state index in [1.165, 1.54) is 12.8 Å². The molecular weight excluding hydrogens is 164 g/mol. The SMILES string of the molecule is CCCC(CN)N(C)C(C)COC. The second-order valence-corrected chi connectivity index (χ2v) is 3.65. The maximum absolute atomic E-state index is 5.71. The first-order valence-corrected chi connectivity index (χ1v) is 5.08. The summed E-state index contributed by atoms with van der Waals surface area (Å²) in [5, 5.41) is 0. The van der Waals surface area contributed by atoms with Gasteiger partial charge in [0, 0.05) is 25.7 Å². The molecule has 3 heteroatoms. The highest BCUT2D eigenvalue weighted by Crippen LogP contribution is 2.07. The molecule has 0 saturated carbocycles. The number of hydrogen-bond donors (Lipinski definition) is 1. The third-order valence-corrected chi connectivity index (χ3v) is 2.57. The molecule has 0 aromatic heterocycles. The van der Waals surface area contributed by atoms with Crippen LogP contribution in [0.2, 0.25) is 0 Å². The Morgan fingerprint density at radius 1 is 1.46 bits per heavy atom. The van der Waals surface area contributed by atoms with Crippen LogP contribution in [0.25, 0.3) is 0 Å². The largest absolute Gasteiger partial charge is 0.383 e. The summed E-state index contributed by atoms with van der Waals surface area (Å²) in [7, 11) is 3.86. The molecule has 0 aliphatic carbocycles. The number of nitrogens with zero attached hydrogens (tertiary/aromatic N) is 1. The van der Waals surface area contributed by atoms with Crippen molar-refractivity contribution < 1.29 is 4.74 Å². The Labute approximate surface area is 82.2 Å². The Morgan fingerprint density at radius 2 is 2.08 bits per heavy atom. The molecule has 0 saturated heterocycles. The van der Waals surface area contributed by atoms with E-state index in [1.807, 2.05) is 0 Å². The summed E-state index contributed by atoms with van der Waals surface area (Å²) in [6, 6.07) is 0.945. The van der Waals surface area contributed by atoms with Crippen LogP contribution in [-0.2, 0) is 4.74 Å². The summed E-state index contributed by atoms with van der Waals surface area (Å²) in [5.74, 6) is 0. The molecule has 80 valence electrons. The first-order chi connectivity index (χ1) is 6.17. The molecule has 0 radical (unpaired) electrons. The van der Waals surface area contributed by atoms with Gasteiger partial charge in [-0.05, 0) is 20.4 Å². The van der Waals surface area contributed by atoms with E-state index in [2.05, 4.69) is 25.8 Å². The van der Waals surface area contributed by atoms with Gasteiger partial charge in [0.1, 0.15) is 0 Å². The van der Waals surface area contributed by atoms with Gasteiger partial charge in [0.15, 0.2) is 0 Å².